The summed E-state index contributed by atoms with van der Waals surface area (Å²) in [5, 5.41) is 11.4. The molecule has 2 aromatic carbocycles. The molecule has 2 aromatic rings. The van der Waals surface area contributed by atoms with Crippen molar-refractivity contribution in [3.63, 3.8) is 0 Å². The van der Waals surface area contributed by atoms with Crippen molar-refractivity contribution in [2.75, 3.05) is 7.11 Å². The van der Waals surface area contributed by atoms with Crippen LogP contribution in [-0.2, 0) is 16.0 Å². The molecule has 1 amide bonds. The fraction of sp³-hybridized carbons (Fsp3) is 0.167. The van der Waals surface area contributed by atoms with Gasteiger partial charge in [-0.1, -0.05) is 24.3 Å². The predicted octanol–water partition coefficient (Wildman–Crippen LogP) is 2.35. The number of rotatable bonds is 5. The molecule has 0 radical (unpaired) electrons. The van der Waals surface area contributed by atoms with Gasteiger partial charge in [-0.2, -0.15) is 5.26 Å². The van der Waals surface area contributed by atoms with E-state index in [2.05, 4.69) is 10.1 Å². The number of benzene rings is 2. The number of carbonyl (C=O) groups excluding carboxylic acids is 2. The number of methoxy groups -OCH3 is 1. The van der Waals surface area contributed by atoms with E-state index in [-0.39, 0.29) is 6.42 Å². The fourth-order valence-electron chi connectivity index (χ4n) is 2.28. The molecule has 0 saturated heterocycles. The molecule has 1 N–H and O–H groups in total. The Balaban J connectivity index is 2.27. The summed E-state index contributed by atoms with van der Waals surface area (Å²) >= 11 is 0. The van der Waals surface area contributed by atoms with E-state index in [0.29, 0.717) is 11.1 Å². The number of ether oxygens (including phenoxy) is 1. The Morgan fingerprint density at radius 2 is 1.92 bits per heavy atom. The number of hydrogen-bond donors (Lipinski definition) is 1. The van der Waals surface area contributed by atoms with Gasteiger partial charge in [0.25, 0.3) is 5.91 Å². The Bertz CT molecular complexity index is 846. The molecule has 128 valence electrons. The van der Waals surface area contributed by atoms with Crippen LogP contribution in [0.2, 0.25) is 0 Å². The van der Waals surface area contributed by atoms with Crippen LogP contribution >= 0.6 is 0 Å². The smallest absolute Gasteiger partial charge is 0.328 e. The Morgan fingerprint density at radius 1 is 1.20 bits per heavy atom. The lowest BCUT2D eigenvalue weighted by molar-refractivity contribution is -0.142. The molecule has 0 aromatic heterocycles. The van der Waals surface area contributed by atoms with Crippen LogP contribution in [0.1, 0.15) is 21.5 Å². The van der Waals surface area contributed by atoms with Crippen molar-refractivity contribution in [1.82, 2.24) is 5.32 Å². The van der Waals surface area contributed by atoms with Crippen molar-refractivity contribution in [2.24, 2.45) is 0 Å². The summed E-state index contributed by atoms with van der Waals surface area (Å²) in [7, 11) is 1.14. The van der Waals surface area contributed by atoms with Gasteiger partial charge in [-0.15, -0.1) is 0 Å². The van der Waals surface area contributed by atoms with Gasteiger partial charge in [-0.05, 0) is 23.8 Å². The van der Waals surface area contributed by atoms with E-state index in [4.69, 9.17) is 5.26 Å². The lowest BCUT2D eigenvalue weighted by atomic mass is 10.0. The molecule has 0 unspecified atom stereocenters. The second-order valence-corrected chi connectivity index (χ2v) is 5.12. The van der Waals surface area contributed by atoms with Crippen LogP contribution in [0.5, 0.6) is 0 Å². The summed E-state index contributed by atoms with van der Waals surface area (Å²) in [5.41, 5.74) is 0.325. The maximum atomic E-state index is 13.7. The third-order valence-corrected chi connectivity index (χ3v) is 3.55. The second-order valence-electron chi connectivity index (χ2n) is 5.12. The number of nitriles is 1. The second kappa shape index (κ2) is 8.02. The highest BCUT2D eigenvalue weighted by Gasteiger charge is 2.25. The largest absolute Gasteiger partial charge is 0.467 e. The quantitative estimate of drug-likeness (QED) is 0.845. The van der Waals surface area contributed by atoms with Gasteiger partial charge in [0.05, 0.1) is 24.3 Å². The first-order valence-electron chi connectivity index (χ1n) is 7.28. The summed E-state index contributed by atoms with van der Waals surface area (Å²) in [6, 6.07) is 10.5. The van der Waals surface area contributed by atoms with E-state index in [1.165, 1.54) is 6.07 Å². The third-order valence-electron chi connectivity index (χ3n) is 3.55. The molecule has 0 aliphatic carbocycles. The molecule has 7 heteroatoms. The van der Waals surface area contributed by atoms with Gasteiger partial charge in [0, 0.05) is 6.42 Å². The molecular weight excluding hydrogens is 330 g/mol. The summed E-state index contributed by atoms with van der Waals surface area (Å²) < 4.78 is 31.6. The zero-order valence-electron chi connectivity index (χ0n) is 13.3. The van der Waals surface area contributed by atoms with Crippen LogP contribution < -0.4 is 5.32 Å². The SMILES string of the molecule is COC(=O)[C@@H](Cc1ccccc1C#N)NC(=O)c1cccc(F)c1F. The van der Waals surface area contributed by atoms with Gasteiger partial charge >= 0.3 is 5.97 Å². The zero-order chi connectivity index (χ0) is 18.4. The maximum Gasteiger partial charge on any atom is 0.328 e. The summed E-state index contributed by atoms with van der Waals surface area (Å²) in [5.74, 6) is -4.20. The van der Waals surface area contributed by atoms with Gasteiger partial charge in [0.15, 0.2) is 11.6 Å². The molecule has 1 atom stereocenters. The van der Waals surface area contributed by atoms with Crippen molar-refractivity contribution in [3.05, 3.63) is 70.8 Å². The molecule has 0 heterocycles. The Hall–Kier alpha value is -3.27. The highest BCUT2D eigenvalue weighted by molar-refractivity contribution is 5.97. The first kappa shape index (κ1) is 18.1. The van der Waals surface area contributed by atoms with Crippen molar-refractivity contribution >= 4 is 11.9 Å². The van der Waals surface area contributed by atoms with Crippen LogP contribution in [0, 0.1) is 23.0 Å². The molecule has 0 aliphatic heterocycles. The van der Waals surface area contributed by atoms with Crippen LogP contribution in [0.3, 0.4) is 0 Å². The maximum absolute atomic E-state index is 13.7. The first-order valence-corrected chi connectivity index (χ1v) is 7.28. The van der Waals surface area contributed by atoms with E-state index in [0.717, 1.165) is 19.2 Å². The van der Waals surface area contributed by atoms with Crippen LogP contribution in [-0.4, -0.2) is 25.0 Å². The molecule has 5 nitrogen and oxygen atoms in total. The average molecular weight is 344 g/mol. The molecule has 0 saturated carbocycles. The van der Waals surface area contributed by atoms with E-state index < -0.39 is 35.1 Å². The minimum Gasteiger partial charge on any atom is -0.467 e. The van der Waals surface area contributed by atoms with Crippen LogP contribution in [0.15, 0.2) is 42.5 Å². The summed E-state index contributed by atoms with van der Waals surface area (Å²) in [6.07, 6.45) is -0.0287. The van der Waals surface area contributed by atoms with Crippen molar-refractivity contribution in [2.45, 2.75) is 12.5 Å². The molecule has 0 aliphatic rings. The minimum absolute atomic E-state index is 0.0287. The molecule has 0 spiro atoms. The number of amides is 1. The predicted molar refractivity (Wildman–Crippen MR) is 84.5 cm³/mol. The first-order chi connectivity index (χ1) is 12.0. The standard InChI is InChI=1S/C18H14F2N2O3/c1-25-18(24)15(9-11-5-2-3-6-12(11)10-21)22-17(23)13-7-4-8-14(19)16(13)20/h2-8,15H,9H2,1H3,(H,22,23)/t15-/m1/s1. The fourth-order valence-corrected chi connectivity index (χ4v) is 2.28. The van der Waals surface area contributed by atoms with Gasteiger partial charge in [-0.25, -0.2) is 13.6 Å². The van der Waals surface area contributed by atoms with Gasteiger partial charge in [0.1, 0.15) is 6.04 Å². The van der Waals surface area contributed by atoms with E-state index in [1.54, 1.807) is 24.3 Å². The number of esters is 1. The molecule has 0 bridgehead atoms. The number of carbonyl (C=O) groups is 2. The third kappa shape index (κ3) is 4.18. The highest BCUT2D eigenvalue weighted by atomic mass is 19.2. The molecule has 2 rings (SSSR count). The van der Waals surface area contributed by atoms with E-state index in [9.17, 15) is 18.4 Å². The Labute approximate surface area is 142 Å². The van der Waals surface area contributed by atoms with Crippen LogP contribution in [0.4, 0.5) is 8.78 Å². The summed E-state index contributed by atoms with van der Waals surface area (Å²) in [4.78, 5) is 24.1. The monoisotopic (exact) mass is 344 g/mol. The van der Waals surface area contributed by atoms with Gasteiger partial charge < -0.3 is 10.1 Å². The normalized spacial score (nSPS) is 11.3. The lowest BCUT2D eigenvalue weighted by Gasteiger charge is -2.17. The van der Waals surface area contributed by atoms with Crippen molar-refractivity contribution in [3.8, 4) is 6.07 Å². The van der Waals surface area contributed by atoms with Crippen molar-refractivity contribution in [1.29, 1.82) is 5.26 Å². The lowest BCUT2D eigenvalue weighted by Crippen LogP contribution is -2.43. The van der Waals surface area contributed by atoms with Crippen molar-refractivity contribution < 1.29 is 23.1 Å². The molecule has 25 heavy (non-hydrogen) atoms. The van der Waals surface area contributed by atoms with Gasteiger partial charge in [0.2, 0.25) is 0 Å². The Morgan fingerprint density at radius 3 is 2.60 bits per heavy atom. The average Bonchev–Trinajstić information content (AvgIpc) is 2.63. The van der Waals surface area contributed by atoms with Crippen LogP contribution in [0.25, 0.3) is 0 Å². The number of nitrogens with one attached hydrogen (secondary N) is 1. The number of hydrogen-bond acceptors (Lipinski definition) is 4. The molecule has 0 fully saturated rings. The van der Waals surface area contributed by atoms with E-state index in [1.807, 2.05) is 6.07 Å². The highest BCUT2D eigenvalue weighted by Crippen LogP contribution is 2.14. The topological polar surface area (TPSA) is 79.2 Å². The zero-order valence-corrected chi connectivity index (χ0v) is 13.3. The van der Waals surface area contributed by atoms with Gasteiger partial charge in [-0.3, -0.25) is 4.79 Å². The molecular formula is C18H14F2N2O3. The number of halogens is 2. The minimum atomic E-state index is -1.30. The number of nitrogens with zero attached hydrogens (tertiary/aromatic N) is 1. The van der Waals surface area contributed by atoms with E-state index >= 15 is 0 Å². The Kier molecular flexibility index (Phi) is 5.79. The summed E-state index contributed by atoms with van der Waals surface area (Å²) in [6.45, 7) is 0.